The number of aliphatic hydroxyl groups is 1. The molecule has 206 valence electrons. The highest BCUT2D eigenvalue weighted by atomic mass is 16.3. The third-order valence-corrected chi connectivity index (χ3v) is 7.63. The molecule has 11 heteroatoms. The van der Waals surface area contributed by atoms with Crippen LogP contribution in [-0.2, 0) is 11.3 Å². The molecule has 0 atom stereocenters. The molecule has 0 bridgehead atoms. The lowest BCUT2D eigenvalue weighted by Crippen LogP contribution is -2.50. The summed E-state index contributed by atoms with van der Waals surface area (Å²) in [5.41, 5.74) is 2.11. The number of piperidine rings is 1. The Bertz CT molecular complexity index is 1610. The number of aromatic nitrogens is 4. The van der Waals surface area contributed by atoms with Crippen molar-refractivity contribution in [3.8, 4) is 5.69 Å². The molecule has 11 nitrogen and oxygen atoms in total. The molecule has 3 N–H and O–H groups in total. The Labute approximate surface area is 230 Å². The normalized spacial score (nSPS) is 16.6. The minimum atomic E-state index is -1.08. The number of likely N-dealkylation sites (tertiary alicyclic amines) is 1. The minimum absolute atomic E-state index is 0.108. The van der Waals surface area contributed by atoms with Gasteiger partial charge in [0, 0.05) is 30.4 Å². The van der Waals surface area contributed by atoms with Gasteiger partial charge in [-0.3, -0.25) is 14.2 Å². The molecule has 2 aromatic heterocycles. The van der Waals surface area contributed by atoms with Gasteiger partial charge in [-0.2, -0.15) is 5.10 Å². The summed E-state index contributed by atoms with van der Waals surface area (Å²) in [6, 6.07) is 14.2. The summed E-state index contributed by atoms with van der Waals surface area (Å²) in [5.74, 6) is 0.344. The quantitative estimate of drug-likeness (QED) is 0.343. The van der Waals surface area contributed by atoms with Crippen LogP contribution in [0.2, 0.25) is 0 Å². The highest BCUT2D eigenvalue weighted by Gasteiger charge is 2.39. The maximum Gasteiger partial charge on any atom is 0.323 e. The maximum absolute atomic E-state index is 13.2. The fraction of sp³-hybridized carbons (Fsp3) is 0.345. The van der Waals surface area contributed by atoms with E-state index in [0.717, 1.165) is 18.4 Å². The van der Waals surface area contributed by atoms with E-state index >= 15 is 0 Å². The number of hydrogen-bond acceptors (Lipinski definition) is 6. The highest BCUT2D eigenvalue weighted by molar-refractivity contribution is 5.99. The number of nitrogens with zero attached hydrogens (tertiary/aromatic N) is 5. The molecule has 2 aliphatic rings. The van der Waals surface area contributed by atoms with Gasteiger partial charge in [0.2, 0.25) is 5.91 Å². The van der Waals surface area contributed by atoms with Crippen molar-refractivity contribution in [2.75, 3.05) is 23.7 Å². The first-order valence-corrected chi connectivity index (χ1v) is 13.5. The Morgan fingerprint density at radius 2 is 1.62 bits per heavy atom. The van der Waals surface area contributed by atoms with Gasteiger partial charge >= 0.3 is 6.03 Å². The van der Waals surface area contributed by atoms with Gasteiger partial charge in [-0.25, -0.2) is 14.5 Å². The van der Waals surface area contributed by atoms with Crippen LogP contribution in [-0.4, -0.2) is 60.0 Å². The second kappa shape index (κ2) is 10.2. The summed E-state index contributed by atoms with van der Waals surface area (Å²) in [6.07, 6.45) is 5.66. The van der Waals surface area contributed by atoms with Crippen molar-refractivity contribution in [3.63, 3.8) is 0 Å². The molecule has 1 aliphatic heterocycles. The van der Waals surface area contributed by atoms with E-state index in [0.29, 0.717) is 54.0 Å². The van der Waals surface area contributed by atoms with E-state index in [1.54, 1.807) is 28.9 Å². The zero-order chi connectivity index (χ0) is 27.9. The Kier molecular flexibility index (Phi) is 6.59. The van der Waals surface area contributed by atoms with Crippen LogP contribution in [0.3, 0.4) is 0 Å². The Balaban J connectivity index is 1.12. The first-order valence-electron chi connectivity index (χ1n) is 13.5. The van der Waals surface area contributed by atoms with Crippen LogP contribution in [0.1, 0.15) is 31.2 Å². The fourth-order valence-electron chi connectivity index (χ4n) is 5.07. The average molecular weight is 542 g/mol. The predicted octanol–water partition coefficient (Wildman–Crippen LogP) is 3.30. The lowest BCUT2D eigenvalue weighted by molar-refractivity contribution is -0.137. The Morgan fingerprint density at radius 1 is 1.00 bits per heavy atom. The first-order chi connectivity index (χ1) is 19.3. The molecule has 2 fully saturated rings. The van der Waals surface area contributed by atoms with Crippen LogP contribution < -0.4 is 16.2 Å². The molecule has 40 heavy (non-hydrogen) atoms. The number of hydrogen-bond donors (Lipinski definition) is 3. The lowest BCUT2D eigenvalue weighted by Gasteiger charge is -2.38. The van der Waals surface area contributed by atoms with Crippen molar-refractivity contribution >= 4 is 34.3 Å². The lowest BCUT2D eigenvalue weighted by atomic mass is 9.91. The van der Waals surface area contributed by atoms with Crippen molar-refractivity contribution in [3.05, 3.63) is 77.0 Å². The van der Waals surface area contributed by atoms with E-state index in [1.165, 1.54) is 17.1 Å². The van der Waals surface area contributed by atoms with Crippen LogP contribution in [0.5, 0.6) is 0 Å². The van der Waals surface area contributed by atoms with Gasteiger partial charge in [-0.05, 0) is 69.0 Å². The third-order valence-electron chi connectivity index (χ3n) is 7.63. The van der Waals surface area contributed by atoms with Gasteiger partial charge in [0.15, 0.2) is 5.65 Å². The third kappa shape index (κ3) is 5.32. The molecule has 4 aromatic rings. The molecule has 0 radical (unpaired) electrons. The van der Waals surface area contributed by atoms with E-state index in [4.69, 9.17) is 0 Å². The number of anilines is 2. The van der Waals surface area contributed by atoms with E-state index in [1.807, 2.05) is 36.1 Å². The number of carbonyl (C=O) groups excluding carboxylic acids is 2. The van der Waals surface area contributed by atoms with Crippen LogP contribution in [0.25, 0.3) is 16.7 Å². The molecule has 6 rings (SSSR count). The highest BCUT2D eigenvalue weighted by Crippen LogP contribution is 2.33. The molecular formula is C29H31N7O4. The Hall–Kier alpha value is -4.51. The van der Waals surface area contributed by atoms with Crippen molar-refractivity contribution in [2.45, 2.75) is 44.8 Å². The molecule has 0 spiro atoms. The van der Waals surface area contributed by atoms with Crippen LogP contribution in [0.4, 0.5) is 16.2 Å². The molecule has 3 amide bonds. The van der Waals surface area contributed by atoms with Gasteiger partial charge in [0.05, 0.1) is 24.0 Å². The fourth-order valence-corrected chi connectivity index (χ4v) is 5.07. The summed E-state index contributed by atoms with van der Waals surface area (Å²) in [4.78, 5) is 44.2. The van der Waals surface area contributed by atoms with E-state index in [2.05, 4.69) is 20.7 Å². The van der Waals surface area contributed by atoms with Crippen LogP contribution in [0.15, 0.2) is 65.8 Å². The van der Waals surface area contributed by atoms with Crippen LogP contribution in [0, 0.1) is 12.8 Å². The summed E-state index contributed by atoms with van der Waals surface area (Å²) < 4.78 is 2.99. The number of urea groups is 1. The number of benzene rings is 2. The van der Waals surface area contributed by atoms with Crippen molar-refractivity contribution < 1.29 is 14.7 Å². The largest absolute Gasteiger partial charge is 0.388 e. The van der Waals surface area contributed by atoms with E-state index in [-0.39, 0.29) is 30.0 Å². The Morgan fingerprint density at radius 3 is 2.25 bits per heavy atom. The van der Waals surface area contributed by atoms with Gasteiger partial charge in [0.1, 0.15) is 11.7 Å². The summed E-state index contributed by atoms with van der Waals surface area (Å²) in [7, 11) is 0. The van der Waals surface area contributed by atoms with Crippen molar-refractivity contribution in [2.24, 2.45) is 5.92 Å². The van der Waals surface area contributed by atoms with Crippen molar-refractivity contribution in [1.29, 1.82) is 0 Å². The second-order valence-electron chi connectivity index (χ2n) is 10.8. The van der Waals surface area contributed by atoms with E-state index in [9.17, 15) is 19.5 Å². The molecular weight excluding hydrogens is 510 g/mol. The first kappa shape index (κ1) is 25.8. The zero-order valence-electron chi connectivity index (χ0n) is 22.2. The summed E-state index contributed by atoms with van der Waals surface area (Å²) in [6.45, 7) is 3.07. The minimum Gasteiger partial charge on any atom is -0.388 e. The summed E-state index contributed by atoms with van der Waals surface area (Å²) in [5, 5.41) is 21.5. The SMILES string of the molecule is Cc1ccc(NC(=O)Nc2ccc(-n3ncc4c(=O)n(CC5(O)CCN(C(=O)C6CC6)CC5)cnc43)cc2)cc1. The second-order valence-corrected chi connectivity index (χ2v) is 10.8. The predicted molar refractivity (Wildman–Crippen MR) is 150 cm³/mol. The average Bonchev–Trinajstić information content (AvgIpc) is 3.71. The smallest absolute Gasteiger partial charge is 0.323 e. The van der Waals surface area contributed by atoms with Gasteiger partial charge < -0.3 is 20.6 Å². The van der Waals surface area contributed by atoms with E-state index < -0.39 is 5.60 Å². The summed E-state index contributed by atoms with van der Waals surface area (Å²) >= 11 is 0. The van der Waals surface area contributed by atoms with Gasteiger partial charge in [-0.1, -0.05) is 17.7 Å². The molecule has 1 saturated heterocycles. The number of fused-ring (bicyclic) bond motifs is 1. The van der Waals surface area contributed by atoms with Crippen LogP contribution >= 0.6 is 0 Å². The standard InChI is InChI=1S/C29H31N7O4/c1-19-2-6-21(7-3-19)32-28(39)33-22-8-10-23(11-9-22)36-25-24(16-31-36)27(38)35(18-30-25)17-29(40)12-14-34(15-13-29)26(37)20-4-5-20/h2-3,6-11,16,18,20,40H,4-5,12-15,17H2,1H3,(H2,32,33,39). The zero-order valence-corrected chi connectivity index (χ0v) is 22.2. The number of amides is 3. The molecule has 0 unspecified atom stereocenters. The molecule has 2 aromatic carbocycles. The number of nitrogens with one attached hydrogen (secondary N) is 2. The monoisotopic (exact) mass is 541 g/mol. The number of rotatable bonds is 6. The molecule has 3 heterocycles. The number of carbonyl (C=O) groups is 2. The molecule has 1 aliphatic carbocycles. The van der Waals surface area contributed by atoms with Crippen molar-refractivity contribution in [1.82, 2.24) is 24.2 Å². The number of aryl methyl sites for hydroxylation is 1. The molecule has 1 saturated carbocycles. The van der Waals surface area contributed by atoms with Gasteiger partial charge in [0.25, 0.3) is 5.56 Å². The topological polar surface area (TPSA) is 134 Å². The van der Waals surface area contributed by atoms with Gasteiger partial charge in [-0.15, -0.1) is 0 Å². The maximum atomic E-state index is 13.2.